The van der Waals surface area contributed by atoms with Crippen LogP contribution >= 0.6 is 11.6 Å². The summed E-state index contributed by atoms with van der Waals surface area (Å²) in [4.78, 5) is 0. The SMILES string of the molecule is CCC[Si](CCl)c1cc(C)cc([Si](C)(C)C)c1. The summed E-state index contributed by atoms with van der Waals surface area (Å²) in [5, 5.41) is 3.13. The lowest BCUT2D eigenvalue weighted by atomic mass is 10.2. The highest BCUT2D eigenvalue weighted by atomic mass is 35.5. The summed E-state index contributed by atoms with van der Waals surface area (Å²) in [6.45, 7) is 11.7. The van der Waals surface area contributed by atoms with Gasteiger partial charge in [-0.05, 0) is 6.92 Å². The van der Waals surface area contributed by atoms with Crippen molar-refractivity contribution >= 4 is 38.8 Å². The number of hydrogen-bond acceptors (Lipinski definition) is 0. The van der Waals surface area contributed by atoms with Crippen LogP contribution in [0.15, 0.2) is 18.2 Å². The molecule has 0 N–H and O–H groups in total. The van der Waals surface area contributed by atoms with Crippen LogP contribution in [0.1, 0.15) is 18.9 Å². The van der Waals surface area contributed by atoms with Gasteiger partial charge in [-0.15, -0.1) is 11.6 Å². The Balaban J connectivity index is 3.12. The summed E-state index contributed by atoms with van der Waals surface area (Å²) in [6.07, 6.45) is 1.25. The van der Waals surface area contributed by atoms with E-state index in [0.29, 0.717) is 0 Å². The van der Waals surface area contributed by atoms with Crippen LogP contribution < -0.4 is 10.4 Å². The van der Waals surface area contributed by atoms with Gasteiger partial charge >= 0.3 is 0 Å². The zero-order chi connectivity index (χ0) is 13.1. The van der Waals surface area contributed by atoms with Crippen molar-refractivity contribution in [2.24, 2.45) is 0 Å². The van der Waals surface area contributed by atoms with E-state index in [9.17, 15) is 0 Å². The van der Waals surface area contributed by atoms with Crippen molar-refractivity contribution in [2.75, 3.05) is 5.50 Å². The molecule has 0 heterocycles. The van der Waals surface area contributed by atoms with Gasteiger partial charge in [-0.2, -0.15) is 0 Å². The van der Waals surface area contributed by atoms with Crippen molar-refractivity contribution in [1.82, 2.24) is 0 Å². The summed E-state index contributed by atoms with van der Waals surface area (Å²) in [5.74, 6) is 0. The van der Waals surface area contributed by atoms with Crippen molar-refractivity contribution in [3.05, 3.63) is 23.8 Å². The summed E-state index contributed by atoms with van der Waals surface area (Å²) in [6, 6.07) is 8.47. The smallest absolute Gasteiger partial charge is 0.102 e. The van der Waals surface area contributed by atoms with Crippen LogP contribution in [-0.2, 0) is 0 Å². The maximum absolute atomic E-state index is 6.16. The molecule has 0 aromatic heterocycles. The van der Waals surface area contributed by atoms with Crippen LogP contribution in [0.5, 0.6) is 0 Å². The van der Waals surface area contributed by atoms with Gasteiger partial charge in [0.25, 0.3) is 0 Å². The molecule has 0 unspecified atom stereocenters. The second-order valence-electron chi connectivity index (χ2n) is 5.82. The second kappa shape index (κ2) is 6.21. The average Bonchev–Trinajstić information content (AvgIpc) is 2.23. The Morgan fingerprint density at radius 1 is 1.18 bits per heavy atom. The fraction of sp³-hybridized carbons (Fsp3) is 0.571. The summed E-state index contributed by atoms with van der Waals surface area (Å²) < 4.78 is 0. The Morgan fingerprint density at radius 2 is 1.82 bits per heavy atom. The van der Waals surface area contributed by atoms with E-state index in [4.69, 9.17) is 11.6 Å². The van der Waals surface area contributed by atoms with Crippen LogP contribution in [0.3, 0.4) is 0 Å². The highest BCUT2D eigenvalue weighted by Gasteiger charge is 2.19. The number of alkyl halides is 1. The quantitative estimate of drug-likeness (QED) is 0.574. The normalized spacial score (nSPS) is 12.2. The maximum Gasteiger partial charge on any atom is 0.102 e. The molecular formula is C14H24ClSi2. The van der Waals surface area contributed by atoms with Crippen LogP contribution in [0.4, 0.5) is 0 Å². The van der Waals surface area contributed by atoms with Crippen LogP contribution in [0.25, 0.3) is 0 Å². The molecule has 0 atom stereocenters. The van der Waals surface area contributed by atoms with E-state index in [0.717, 1.165) is 5.50 Å². The number of halogens is 1. The second-order valence-corrected chi connectivity index (χ2v) is 14.3. The summed E-state index contributed by atoms with van der Waals surface area (Å²) in [7, 11) is -1.73. The van der Waals surface area contributed by atoms with E-state index >= 15 is 0 Å². The Labute approximate surface area is 114 Å². The minimum Gasteiger partial charge on any atom is -0.130 e. The van der Waals surface area contributed by atoms with Gasteiger partial charge in [0.2, 0.25) is 0 Å². The molecule has 0 spiro atoms. The van der Waals surface area contributed by atoms with E-state index in [1.54, 1.807) is 10.4 Å². The molecule has 0 nitrogen and oxygen atoms in total. The largest absolute Gasteiger partial charge is 0.130 e. The Morgan fingerprint density at radius 3 is 2.29 bits per heavy atom. The molecule has 0 aliphatic carbocycles. The lowest BCUT2D eigenvalue weighted by molar-refractivity contribution is 1.07. The predicted molar refractivity (Wildman–Crippen MR) is 85.4 cm³/mol. The molecule has 1 aromatic carbocycles. The van der Waals surface area contributed by atoms with Gasteiger partial charge in [-0.1, -0.05) is 73.2 Å². The number of rotatable bonds is 5. The van der Waals surface area contributed by atoms with Crippen LogP contribution in [0.2, 0.25) is 25.7 Å². The minimum atomic E-state index is -1.20. The van der Waals surface area contributed by atoms with Gasteiger partial charge < -0.3 is 0 Å². The molecule has 95 valence electrons. The highest BCUT2D eigenvalue weighted by Crippen LogP contribution is 2.07. The molecule has 0 amide bonds. The van der Waals surface area contributed by atoms with Gasteiger partial charge in [0.1, 0.15) is 8.80 Å². The van der Waals surface area contributed by atoms with Gasteiger partial charge in [-0.25, -0.2) is 0 Å². The maximum atomic E-state index is 6.16. The number of hydrogen-bond donors (Lipinski definition) is 0. The van der Waals surface area contributed by atoms with Crippen molar-refractivity contribution in [3.63, 3.8) is 0 Å². The zero-order valence-corrected chi connectivity index (χ0v) is 14.5. The average molecular weight is 284 g/mol. The topological polar surface area (TPSA) is 0 Å². The van der Waals surface area contributed by atoms with Crippen molar-refractivity contribution in [1.29, 1.82) is 0 Å². The first-order chi connectivity index (χ1) is 7.88. The molecule has 1 rings (SSSR count). The zero-order valence-electron chi connectivity index (χ0n) is 11.7. The lowest BCUT2D eigenvalue weighted by Crippen LogP contribution is -2.43. The first kappa shape index (κ1) is 15.0. The molecule has 0 bridgehead atoms. The van der Waals surface area contributed by atoms with E-state index in [-0.39, 0.29) is 0 Å². The van der Waals surface area contributed by atoms with Gasteiger partial charge in [-0.3, -0.25) is 0 Å². The molecular weight excluding hydrogens is 260 g/mol. The van der Waals surface area contributed by atoms with E-state index < -0.39 is 16.9 Å². The molecule has 0 saturated heterocycles. The molecule has 3 heteroatoms. The standard InChI is InChI=1S/C14H24ClSi2/c1-6-7-16(11-15)13-8-12(2)9-14(10-13)17(3,4)5/h8-10H,6-7,11H2,1-5H3. The van der Waals surface area contributed by atoms with Crippen molar-refractivity contribution < 1.29 is 0 Å². The fourth-order valence-corrected chi connectivity index (χ4v) is 6.24. The number of benzene rings is 1. The van der Waals surface area contributed by atoms with Crippen LogP contribution in [-0.4, -0.2) is 22.4 Å². The van der Waals surface area contributed by atoms with E-state index in [1.165, 1.54) is 18.0 Å². The molecule has 1 aromatic rings. The lowest BCUT2D eigenvalue weighted by Gasteiger charge is -2.21. The first-order valence-corrected chi connectivity index (χ1v) is 12.4. The van der Waals surface area contributed by atoms with Gasteiger partial charge in [0, 0.05) is 5.50 Å². The van der Waals surface area contributed by atoms with Crippen molar-refractivity contribution in [2.45, 2.75) is 46.0 Å². The fourth-order valence-electron chi connectivity index (χ4n) is 2.01. The molecule has 1 radical (unpaired) electrons. The third-order valence-electron chi connectivity index (χ3n) is 3.06. The van der Waals surface area contributed by atoms with Gasteiger partial charge in [0.05, 0.1) is 8.07 Å². The third kappa shape index (κ3) is 4.27. The van der Waals surface area contributed by atoms with E-state index in [2.05, 4.69) is 51.7 Å². The Kier molecular flexibility index (Phi) is 5.48. The molecule has 0 fully saturated rings. The Bertz CT molecular complexity index is 369. The molecule has 0 saturated carbocycles. The first-order valence-electron chi connectivity index (χ1n) is 6.41. The van der Waals surface area contributed by atoms with Crippen molar-refractivity contribution in [3.8, 4) is 0 Å². The minimum absolute atomic E-state index is 0.529. The predicted octanol–water partition coefficient (Wildman–Crippen LogP) is 3.43. The van der Waals surface area contributed by atoms with Crippen LogP contribution in [0, 0.1) is 6.92 Å². The summed E-state index contributed by atoms with van der Waals surface area (Å²) >= 11 is 6.16. The summed E-state index contributed by atoms with van der Waals surface area (Å²) in [5.41, 5.74) is 2.25. The molecule has 0 aliphatic rings. The molecule has 0 aliphatic heterocycles. The number of aryl methyl sites for hydroxylation is 1. The highest BCUT2D eigenvalue weighted by molar-refractivity contribution is 6.89. The van der Waals surface area contributed by atoms with Gasteiger partial charge in [0.15, 0.2) is 0 Å². The molecule has 17 heavy (non-hydrogen) atoms. The third-order valence-corrected chi connectivity index (χ3v) is 8.58. The van der Waals surface area contributed by atoms with E-state index in [1.807, 2.05) is 0 Å². The monoisotopic (exact) mass is 283 g/mol. The Hall–Kier alpha value is -0.0562.